The van der Waals surface area contributed by atoms with Crippen molar-refractivity contribution < 1.29 is 78.0 Å². The maximum atomic E-state index is 14.6. The number of rotatable bonds is 38. The van der Waals surface area contributed by atoms with Crippen molar-refractivity contribution in [3.8, 4) is 0 Å². The van der Waals surface area contributed by atoms with E-state index in [2.05, 4.69) is 60.1 Å². The fourth-order valence-corrected chi connectivity index (χ4v) is 8.84. The highest BCUT2D eigenvalue weighted by Crippen LogP contribution is 2.20. The minimum absolute atomic E-state index is 0.0231. The number of thiol groups is 1. The maximum absolute atomic E-state index is 14.6. The van der Waals surface area contributed by atoms with E-state index in [0.717, 1.165) is 0 Å². The molecule has 0 spiro atoms. The number of aromatic amines is 1. The van der Waals surface area contributed by atoms with Crippen LogP contribution in [-0.2, 0) is 70.4 Å². The predicted octanol–water partition coefficient (Wildman–Crippen LogP) is -0.401. The first-order valence-corrected chi connectivity index (χ1v) is 27.8. The fraction of sp³-hybridized carbons (Fsp3) is 0.527. The molecule has 0 saturated heterocycles. The zero-order valence-corrected chi connectivity index (χ0v) is 47.7. The number of carbonyl (C=O) groups is 12. The van der Waals surface area contributed by atoms with Gasteiger partial charge in [0.1, 0.15) is 48.3 Å². The van der Waals surface area contributed by atoms with Crippen LogP contribution >= 0.6 is 12.6 Å². The summed E-state index contributed by atoms with van der Waals surface area (Å²) in [6, 6.07) is 1.55. The summed E-state index contributed by atoms with van der Waals surface area (Å²) < 4.78 is 0. The third-order valence-corrected chi connectivity index (χ3v) is 13.4. The Kier molecular flexibility index (Phi) is 29.2. The Morgan fingerprint density at radius 1 is 0.494 bits per heavy atom. The molecular weight excluding hydrogens is 1100 g/mol. The molecular formula is C55H79N11O16S. The lowest BCUT2D eigenvalue weighted by Crippen LogP contribution is -2.61. The Morgan fingerprint density at radius 3 is 1.41 bits per heavy atom. The van der Waals surface area contributed by atoms with Gasteiger partial charge in [0.05, 0.1) is 12.5 Å². The topological polar surface area (TPSA) is 450 Å². The number of unbranched alkanes of at least 4 members (excludes halogenated alkanes) is 1. The van der Waals surface area contributed by atoms with Crippen molar-refractivity contribution in [2.24, 2.45) is 23.3 Å². The Labute approximate surface area is 485 Å². The smallest absolute Gasteiger partial charge is 0.326 e. The first kappa shape index (κ1) is 69.2. The number of carboxylic acid groups (broad SMARTS) is 4. The van der Waals surface area contributed by atoms with Gasteiger partial charge in [0, 0.05) is 48.5 Å². The van der Waals surface area contributed by atoms with Crippen molar-refractivity contribution in [3.05, 3.63) is 71.9 Å². The van der Waals surface area contributed by atoms with E-state index in [0.29, 0.717) is 28.5 Å². The molecule has 456 valence electrons. The maximum Gasteiger partial charge on any atom is 0.326 e. The summed E-state index contributed by atoms with van der Waals surface area (Å²) in [5, 5.41) is 59.3. The number of carbonyl (C=O) groups excluding carboxylic acids is 8. The lowest BCUT2D eigenvalue weighted by atomic mass is 10.00. The predicted molar refractivity (Wildman–Crippen MR) is 305 cm³/mol. The van der Waals surface area contributed by atoms with Gasteiger partial charge >= 0.3 is 23.9 Å². The van der Waals surface area contributed by atoms with E-state index < -0.39 is 158 Å². The Balaban J connectivity index is 2.04. The average molecular weight is 1180 g/mol. The van der Waals surface area contributed by atoms with Gasteiger partial charge in [-0.3, -0.25) is 52.7 Å². The molecule has 1 heterocycles. The Bertz CT molecular complexity index is 2730. The van der Waals surface area contributed by atoms with Crippen molar-refractivity contribution in [2.75, 3.05) is 12.3 Å². The highest BCUT2D eigenvalue weighted by atomic mass is 32.1. The summed E-state index contributed by atoms with van der Waals surface area (Å²) in [5.74, 6) is -14.2. The van der Waals surface area contributed by atoms with Crippen LogP contribution in [-0.4, -0.2) is 163 Å². The molecule has 8 amide bonds. The summed E-state index contributed by atoms with van der Waals surface area (Å²) in [4.78, 5) is 163. The molecule has 0 aliphatic heterocycles. The van der Waals surface area contributed by atoms with Crippen LogP contribution in [0.25, 0.3) is 10.9 Å². The molecule has 0 aliphatic rings. The number of nitrogens with two attached hydrogens (primary N) is 2. The van der Waals surface area contributed by atoms with E-state index in [-0.39, 0.29) is 62.7 Å². The van der Waals surface area contributed by atoms with Crippen LogP contribution in [0.1, 0.15) is 103 Å². The Hall–Kier alpha value is -8.11. The van der Waals surface area contributed by atoms with Crippen molar-refractivity contribution in [1.29, 1.82) is 0 Å². The number of aliphatic carboxylic acids is 4. The molecule has 1 aromatic heterocycles. The van der Waals surface area contributed by atoms with Crippen LogP contribution in [0.15, 0.2) is 60.8 Å². The van der Waals surface area contributed by atoms with Gasteiger partial charge in [-0.15, -0.1) is 0 Å². The normalized spacial score (nSPS) is 14.5. The quantitative estimate of drug-likeness (QED) is 0.0256. The van der Waals surface area contributed by atoms with E-state index in [9.17, 15) is 78.0 Å². The average Bonchev–Trinajstić information content (AvgIpc) is 4.00. The standard InChI is InChI=1S/C55H79N11O16S/c1-29(2)22-39(62-47(73)34(57)28-83)51(77)63-40(24-31-12-6-5-7-13-31)52(78)59-36(16-10-11-21-56)48(74)65-42(26-46(71)72)54(80)64-41(25-32-27-58-35-15-9-8-14-33(32)35)53(79)61-37(17-19-44(67)68)49(75)60-38(18-20-45(69)70)50(76)66-43(55(81)82)23-30(3)4/h5-9,12-15,27,29-30,34,36-43,58,83H,10-11,16-26,28,56-57H2,1-4H3,(H,59,78)(H,60,75)(H,61,79)(H,62,73)(H,63,77)(H,64,80)(H,65,74)(H,66,76)(H,67,68)(H,69,70)(H,71,72)(H,81,82)/t34-,36-,37-,38-,39-,40-,41-,42-,43-/m0/s1. The second-order valence-electron chi connectivity index (χ2n) is 20.9. The number of hydrogen-bond donors (Lipinski definition) is 16. The second kappa shape index (κ2) is 35.0. The van der Waals surface area contributed by atoms with E-state index in [1.165, 1.54) is 6.20 Å². The number of aromatic nitrogens is 1. The Morgan fingerprint density at radius 2 is 0.916 bits per heavy atom. The van der Waals surface area contributed by atoms with Crippen LogP contribution in [0.5, 0.6) is 0 Å². The molecule has 0 radical (unpaired) electrons. The largest absolute Gasteiger partial charge is 0.481 e. The number of amides is 8. The fourth-order valence-electron chi connectivity index (χ4n) is 8.67. The van der Waals surface area contributed by atoms with Gasteiger partial charge in [0.25, 0.3) is 0 Å². The third kappa shape index (κ3) is 24.5. The number of benzene rings is 2. The van der Waals surface area contributed by atoms with Gasteiger partial charge in [-0.1, -0.05) is 76.2 Å². The molecule has 2 aromatic carbocycles. The number of hydrogen-bond acceptors (Lipinski definition) is 15. The van der Waals surface area contributed by atoms with Crippen molar-refractivity contribution >= 4 is 94.7 Å². The summed E-state index contributed by atoms with van der Waals surface area (Å²) >= 11 is 4.07. The van der Waals surface area contributed by atoms with E-state index >= 15 is 0 Å². The van der Waals surface area contributed by atoms with Gasteiger partial charge in [-0.05, 0) is 80.5 Å². The molecule has 9 atom stereocenters. The highest BCUT2D eigenvalue weighted by molar-refractivity contribution is 7.80. The van der Waals surface area contributed by atoms with Crippen molar-refractivity contribution in [3.63, 3.8) is 0 Å². The first-order valence-electron chi connectivity index (χ1n) is 27.2. The zero-order chi connectivity index (χ0) is 61.9. The van der Waals surface area contributed by atoms with Gasteiger partial charge in [-0.2, -0.15) is 12.6 Å². The zero-order valence-electron chi connectivity index (χ0n) is 46.8. The minimum Gasteiger partial charge on any atom is -0.481 e. The number of H-pyrrole nitrogens is 1. The second-order valence-corrected chi connectivity index (χ2v) is 21.2. The SMILES string of the molecule is CC(C)C[C@H](NC(=O)[C@H](CCC(=O)O)NC(=O)[C@H](CCC(=O)O)NC(=O)[C@H](Cc1c[nH]c2ccccc12)NC(=O)[C@H](CC(=O)O)NC(=O)[C@H](CCCCN)NC(=O)[C@H](Cc1ccccc1)NC(=O)[C@H](CC(C)C)NC(=O)[C@@H](N)CS)C(=O)O. The molecule has 0 bridgehead atoms. The lowest BCUT2D eigenvalue weighted by molar-refractivity contribution is -0.143. The lowest BCUT2D eigenvalue weighted by Gasteiger charge is -2.28. The molecule has 0 aliphatic carbocycles. The van der Waals surface area contributed by atoms with Gasteiger partial charge in [0.2, 0.25) is 47.3 Å². The summed E-state index contributed by atoms with van der Waals surface area (Å²) in [6.45, 7) is 7.18. The van der Waals surface area contributed by atoms with Crippen LogP contribution in [0.4, 0.5) is 0 Å². The number of nitrogens with one attached hydrogen (secondary N) is 9. The monoisotopic (exact) mass is 1180 g/mol. The molecule has 3 aromatic rings. The molecule has 0 saturated carbocycles. The van der Waals surface area contributed by atoms with Crippen LogP contribution in [0.2, 0.25) is 0 Å². The van der Waals surface area contributed by atoms with Crippen LogP contribution in [0, 0.1) is 11.8 Å². The molecule has 28 heteroatoms. The summed E-state index contributed by atoms with van der Waals surface area (Å²) in [6.07, 6.45) is -2.14. The molecule has 27 nitrogen and oxygen atoms in total. The molecule has 0 unspecified atom stereocenters. The van der Waals surface area contributed by atoms with Gasteiger partial charge < -0.3 is 79.4 Å². The molecule has 3 rings (SSSR count). The molecule has 17 N–H and O–H groups in total. The van der Waals surface area contributed by atoms with E-state index in [1.807, 2.05) is 13.8 Å². The number of fused-ring (bicyclic) bond motifs is 1. The third-order valence-electron chi connectivity index (χ3n) is 13.0. The number of carboxylic acids is 4. The van der Waals surface area contributed by atoms with Crippen LogP contribution in [0.3, 0.4) is 0 Å². The minimum atomic E-state index is -1.97. The molecule has 0 fully saturated rings. The first-order chi connectivity index (χ1) is 39.2. The van der Waals surface area contributed by atoms with Crippen LogP contribution < -0.4 is 54.0 Å². The molecule has 83 heavy (non-hydrogen) atoms. The number of para-hydroxylation sites is 1. The van der Waals surface area contributed by atoms with Crippen molar-refractivity contribution in [1.82, 2.24) is 47.5 Å². The summed E-state index contributed by atoms with van der Waals surface area (Å²) in [5.41, 5.74) is 13.2. The summed E-state index contributed by atoms with van der Waals surface area (Å²) in [7, 11) is 0. The van der Waals surface area contributed by atoms with E-state index in [4.69, 9.17) is 11.5 Å². The van der Waals surface area contributed by atoms with E-state index in [1.54, 1.807) is 68.4 Å². The van der Waals surface area contributed by atoms with Gasteiger partial charge in [-0.25, -0.2) is 4.79 Å². The highest BCUT2D eigenvalue weighted by Gasteiger charge is 2.37. The van der Waals surface area contributed by atoms with Crippen molar-refractivity contribution in [2.45, 2.75) is 159 Å². The van der Waals surface area contributed by atoms with Gasteiger partial charge in [0.15, 0.2) is 0 Å².